The molecule has 0 fully saturated rings. The maximum atomic E-state index is 12.6. The summed E-state index contributed by atoms with van der Waals surface area (Å²) in [4.78, 5) is 12.6. The van der Waals surface area contributed by atoms with Crippen LogP contribution in [-0.2, 0) is 4.79 Å². The van der Waals surface area contributed by atoms with E-state index in [0.29, 0.717) is 11.4 Å². The topological polar surface area (TPSA) is 46.9 Å². The van der Waals surface area contributed by atoms with E-state index >= 15 is 0 Å². The molecule has 0 radical (unpaired) electrons. The molecule has 1 N–H and O–H groups in total. The molecule has 1 unspecified atom stereocenters. The molecule has 130 valence electrons. The summed E-state index contributed by atoms with van der Waals surface area (Å²) >= 11 is 6.22. The molecular formula is C20H22ClN3O. The molecule has 0 spiro atoms. The predicted molar refractivity (Wildman–Crippen MR) is 103 cm³/mol. The van der Waals surface area contributed by atoms with Gasteiger partial charge in [0.25, 0.3) is 0 Å². The number of carbonyl (C=O) groups excluding carboxylic acids is 1. The average Bonchev–Trinajstić information content (AvgIpc) is 2.94. The van der Waals surface area contributed by atoms with E-state index < -0.39 is 0 Å². The lowest BCUT2D eigenvalue weighted by Crippen LogP contribution is -2.37. The minimum Gasteiger partial charge on any atom is -0.352 e. The van der Waals surface area contributed by atoms with E-state index in [0.717, 1.165) is 22.2 Å². The van der Waals surface area contributed by atoms with Crippen molar-refractivity contribution in [2.45, 2.75) is 39.3 Å². The summed E-state index contributed by atoms with van der Waals surface area (Å²) in [5, 5.41) is 9.40. The van der Waals surface area contributed by atoms with Gasteiger partial charge in [0.1, 0.15) is 11.7 Å². The normalized spacial score (nSPS) is 12.5. The zero-order valence-corrected chi connectivity index (χ0v) is 15.4. The highest BCUT2D eigenvalue weighted by Crippen LogP contribution is 2.32. The van der Waals surface area contributed by atoms with E-state index in [2.05, 4.69) is 5.32 Å². The van der Waals surface area contributed by atoms with Gasteiger partial charge in [-0.2, -0.15) is 5.10 Å². The molecule has 0 saturated heterocycles. The van der Waals surface area contributed by atoms with Gasteiger partial charge >= 0.3 is 0 Å². The summed E-state index contributed by atoms with van der Waals surface area (Å²) in [5.41, 5.74) is 2.76. The van der Waals surface area contributed by atoms with Gasteiger partial charge in [0, 0.05) is 22.0 Å². The Hall–Kier alpha value is -2.33. The van der Waals surface area contributed by atoms with Crippen molar-refractivity contribution in [3.05, 3.63) is 53.6 Å². The number of nitrogens with one attached hydrogen (secondary N) is 1. The van der Waals surface area contributed by atoms with Gasteiger partial charge in [-0.25, -0.2) is 0 Å². The molecule has 0 aliphatic rings. The molecule has 25 heavy (non-hydrogen) atoms. The van der Waals surface area contributed by atoms with Crippen LogP contribution in [0.3, 0.4) is 0 Å². The molecule has 4 nitrogen and oxygen atoms in total. The smallest absolute Gasteiger partial charge is 0.245 e. The predicted octanol–water partition coefficient (Wildman–Crippen LogP) is 4.83. The Morgan fingerprint density at radius 1 is 1.20 bits per heavy atom. The van der Waals surface area contributed by atoms with Crippen LogP contribution in [0.15, 0.2) is 48.5 Å². The molecule has 1 heterocycles. The summed E-state index contributed by atoms with van der Waals surface area (Å²) in [7, 11) is 0. The minimum atomic E-state index is -0.358. The van der Waals surface area contributed by atoms with Crippen molar-refractivity contribution in [2.75, 3.05) is 0 Å². The number of aromatic nitrogens is 2. The monoisotopic (exact) mass is 355 g/mol. The Morgan fingerprint density at radius 2 is 1.92 bits per heavy atom. The van der Waals surface area contributed by atoms with E-state index in [9.17, 15) is 4.79 Å². The molecule has 1 amide bonds. The van der Waals surface area contributed by atoms with Gasteiger partial charge in [-0.05, 0) is 38.5 Å². The number of benzene rings is 2. The van der Waals surface area contributed by atoms with Crippen molar-refractivity contribution in [2.24, 2.45) is 0 Å². The third kappa shape index (κ3) is 3.54. The molecule has 2 aromatic carbocycles. The fraction of sp³-hybridized carbons (Fsp3) is 0.300. The van der Waals surface area contributed by atoms with E-state index in [1.54, 1.807) is 0 Å². The van der Waals surface area contributed by atoms with Gasteiger partial charge in [-0.3, -0.25) is 9.48 Å². The van der Waals surface area contributed by atoms with Crippen LogP contribution in [-0.4, -0.2) is 21.7 Å². The molecule has 0 aliphatic carbocycles. The zero-order chi connectivity index (χ0) is 18.0. The number of carbonyl (C=O) groups is 1. The lowest BCUT2D eigenvalue weighted by molar-refractivity contribution is -0.125. The van der Waals surface area contributed by atoms with Crippen LogP contribution in [0.5, 0.6) is 0 Å². The Kier molecular flexibility index (Phi) is 5.09. The van der Waals surface area contributed by atoms with Gasteiger partial charge in [0.2, 0.25) is 5.91 Å². The average molecular weight is 356 g/mol. The zero-order valence-electron chi connectivity index (χ0n) is 14.7. The molecular weight excluding hydrogens is 334 g/mol. The summed E-state index contributed by atoms with van der Waals surface area (Å²) < 4.78 is 1.83. The number of amides is 1. The largest absolute Gasteiger partial charge is 0.352 e. The second kappa shape index (κ2) is 7.28. The van der Waals surface area contributed by atoms with Gasteiger partial charge < -0.3 is 5.32 Å². The van der Waals surface area contributed by atoms with Crippen LogP contribution in [0.25, 0.3) is 22.2 Å². The first-order valence-electron chi connectivity index (χ1n) is 8.54. The summed E-state index contributed by atoms with van der Waals surface area (Å²) in [6, 6.07) is 15.4. The molecule has 1 atom stereocenters. The highest BCUT2D eigenvalue weighted by Gasteiger charge is 2.24. The van der Waals surface area contributed by atoms with Gasteiger partial charge in [0.05, 0.1) is 5.52 Å². The fourth-order valence-corrected chi connectivity index (χ4v) is 3.18. The number of halogens is 1. The molecule has 0 saturated carbocycles. The summed E-state index contributed by atoms with van der Waals surface area (Å²) in [6.45, 7) is 5.91. The molecule has 0 aliphatic heterocycles. The minimum absolute atomic E-state index is 0.0172. The summed E-state index contributed by atoms with van der Waals surface area (Å²) in [5.74, 6) is -0.0172. The summed E-state index contributed by atoms with van der Waals surface area (Å²) in [6.07, 6.45) is 0.659. The Labute approximate surface area is 152 Å². The highest BCUT2D eigenvalue weighted by molar-refractivity contribution is 6.31. The molecule has 1 aromatic heterocycles. The van der Waals surface area contributed by atoms with Gasteiger partial charge in [-0.15, -0.1) is 0 Å². The lowest BCUT2D eigenvalue weighted by Gasteiger charge is -2.18. The first-order valence-corrected chi connectivity index (χ1v) is 8.92. The fourth-order valence-electron chi connectivity index (χ4n) is 3.01. The van der Waals surface area contributed by atoms with Crippen molar-refractivity contribution in [1.82, 2.24) is 15.1 Å². The number of hydrogen-bond donors (Lipinski definition) is 1. The van der Waals surface area contributed by atoms with Crippen LogP contribution >= 0.6 is 11.6 Å². The van der Waals surface area contributed by atoms with Crippen molar-refractivity contribution in [1.29, 1.82) is 0 Å². The van der Waals surface area contributed by atoms with Crippen molar-refractivity contribution in [3.63, 3.8) is 0 Å². The molecule has 3 aromatic rings. The standard InChI is InChI=1S/C20H22ClN3O/c1-4-17(20(25)22-13(2)3)24-18-11-10-15(21)12-16(18)19(23-24)14-8-6-5-7-9-14/h5-13,17H,4H2,1-3H3,(H,22,25). The van der Waals surface area contributed by atoms with E-state index in [4.69, 9.17) is 16.7 Å². The Morgan fingerprint density at radius 3 is 2.56 bits per heavy atom. The van der Waals surface area contributed by atoms with Crippen molar-refractivity contribution in [3.8, 4) is 11.3 Å². The maximum absolute atomic E-state index is 12.6. The second-order valence-corrected chi connectivity index (χ2v) is 6.84. The number of fused-ring (bicyclic) bond motifs is 1. The SMILES string of the molecule is CCC(C(=O)NC(C)C)n1nc(-c2ccccc2)c2cc(Cl)ccc21. The highest BCUT2D eigenvalue weighted by atomic mass is 35.5. The number of hydrogen-bond acceptors (Lipinski definition) is 2. The van der Waals surface area contributed by atoms with Crippen LogP contribution in [0.4, 0.5) is 0 Å². The Balaban J connectivity index is 2.17. The van der Waals surface area contributed by atoms with E-state index in [-0.39, 0.29) is 18.0 Å². The maximum Gasteiger partial charge on any atom is 0.245 e. The number of rotatable bonds is 5. The van der Waals surface area contributed by atoms with Crippen molar-refractivity contribution < 1.29 is 4.79 Å². The quantitative estimate of drug-likeness (QED) is 0.712. The molecule has 0 bridgehead atoms. The van der Waals surface area contributed by atoms with Gasteiger partial charge in [-0.1, -0.05) is 48.9 Å². The molecule has 3 rings (SSSR count). The van der Waals surface area contributed by atoms with Crippen LogP contribution in [0.2, 0.25) is 5.02 Å². The third-order valence-electron chi connectivity index (χ3n) is 4.13. The van der Waals surface area contributed by atoms with Crippen LogP contribution < -0.4 is 5.32 Å². The first-order chi connectivity index (χ1) is 12.0. The van der Waals surface area contributed by atoms with Crippen LogP contribution in [0, 0.1) is 0 Å². The van der Waals surface area contributed by atoms with Gasteiger partial charge in [0.15, 0.2) is 0 Å². The van der Waals surface area contributed by atoms with E-state index in [1.165, 1.54) is 0 Å². The van der Waals surface area contributed by atoms with Crippen LogP contribution in [0.1, 0.15) is 33.2 Å². The Bertz CT molecular complexity index is 887. The number of nitrogens with zero attached hydrogens (tertiary/aromatic N) is 2. The van der Waals surface area contributed by atoms with E-state index in [1.807, 2.05) is 74.0 Å². The second-order valence-electron chi connectivity index (χ2n) is 6.41. The van der Waals surface area contributed by atoms with Crippen molar-refractivity contribution >= 4 is 28.4 Å². The third-order valence-corrected chi connectivity index (χ3v) is 4.37. The molecule has 5 heteroatoms. The first kappa shape index (κ1) is 17.5. The lowest BCUT2D eigenvalue weighted by atomic mass is 10.1.